The molecule has 2 amide bonds. The van der Waals surface area contributed by atoms with Gasteiger partial charge in [-0.05, 0) is 37.8 Å². The minimum Gasteiger partial charge on any atom is -0.339 e. The van der Waals surface area contributed by atoms with Crippen LogP contribution in [0.4, 0.5) is 0 Å². The molecule has 2 aliphatic heterocycles. The predicted octanol–water partition coefficient (Wildman–Crippen LogP) is 0.703. The molecule has 0 radical (unpaired) electrons. The Kier molecular flexibility index (Phi) is 3.95. The molecule has 21 heavy (non-hydrogen) atoms. The number of carbonyl (C=O) groups is 2. The summed E-state index contributed by atoms with van der Waals surface area (Å²) >= 11 is 0. The van der Waals surface area contributed by atoms with Gasteiger partial charge in [-0.15, -0.1) is 0 Å². The molecule has 1 unspecified atom stereocenters. The second-order valence-corrected chi connectivity index (χ2v) is 7.17. The molecular weight excluding hydrogens is 266 g/mol. The van der Waals surface area contributed by atoms with E-state index >= 15 is 0 Å². The Bertz CT molecular complexity index is 421. The Morgan fingerprint density at radius 2 is 1.62 bits per heavy atom. The van der Waals surface area contributed by atoms with Gasteiger partial charge in [0.15, 0.2) is 0 Å². The third kappa shape index (κ3) is 2.80. The van der Waals surface area contributed by atoms with E-state index in [9.17, 15) is 9.59 Å². The maximum absolute atomic E-state index is 12.6. The standard InChI is InChI=1S/C16H27N3O2/c1-12(2)14(20)18-7-9-19(10-8-18)15(21)13-11-16(13)3-5-17-6-4-16/h12-13,17H,3-11H2,1-2H3. The number of piperazine rings is 1. The zero-order valence-corrected chi connectivity index (χ0v) is 13.2. The Morgan fingerprint density at radius 1 is 1.05 bits per heavy atom. The van der Waals surface area contributed by atoms with Crippen molar-refractivity contribution in [1.82, 2.24) is 15.1 Å². The van der Waals surface area contributed by atoms with Crippen molar-refractivity contribution >= 4 is 11.8 Å². The fourth-order valence-corrected chi connectivity index (χ4v) is 3.91. The van der Waals surface area contributed by atoms with Gasteiger partial charge in [0.25, 0.3) is 0 Å². The Balaban J connectivity index is 1.51. The average molecular weight is 293 g/mol. The highest BCUT2D eigenvalue weighted by molar-refractivity contribution is 5.83. The summed E-state index contributed by atoms with van der Waals surface area (Å²) in [4.78, 5) is 28.5. The highest BCUT2D eigenvalue weighted by atomic mass is 16.2. The minimum absolute atomic E-state index is 0.0497. The second-order valence-electron chi connectivity index (χ2n) is 7.17. The number of rotatable bonds is 2. The van der Waals surface area contributed by atoms with Crippen molar-refractivity contribution in [2.45, 2.75) is 33.1 Å². The molecule has 5 nitrogen and oxygen atoms in total. The highest BCUT2D eigenvalue weighted by Gasteiger charge is 2.58. The van der Waals surface area contributed by atoms with E-state index in [4.69, 9.17) is 0 Å². The predicted molar refractivity (Wildman–Crippen MR) is 80.6 cm³/mol. The summed E-state index contributed by atoms with van der Waals surface area (Å²) < 4.78 is 0. The molecule has 0 aromatic heterocycles. The van der Waals surface area contributed by atoms with Crippen molar-refractivity contribution in [3.8, 4) is 0 Å². The zero-order valence-electron chi connectivity index (χ0n) is 13.2. The molecule has 5 heteroatoms. The van der Waals surface area contributed by atoms with E-state index in [1.165, 1.54) is 0 Å². The third-order valence-corrected chi connectivity index (χ3v) is 5.48. The van der Waals surface area contributed by atoms with Gasteiger partial charge in [-0.1, -0.05) is 13.8 Å². The highest BCUT2D eigenvalue weighted by Crippen LogP contribution is 2.59. The number of nitrogens with one attached hydrogen (secondary N) is 1. The van der Waals surface area contributed by atoms with E-state index in [1.54, 1.807) is 0 Å². The van der Waals surface area contributed by atoms with Crippen LogP contribution in [0.5, 0.6) is 0 Å². The van der Waals surface area contributed by atoms with Crippen molar-refractivity contribution in [1.29, 1.82) is 0 Å². The van der Waals surface area contributed by atoms with E-state index in [-0.39, 0.29) is 17.7 Å². The maximum atomic E-state index is 12.6. The van der Waals surface area contributed by atoms with Crippen LogP contribution in [0.15, 0.2) is 0 Å². The van der Waals surface area contributed by atoms with Gasteiger partial charge in [0.05, 0.1) is 0 Å². The molecule has 0 aromatic carbocycles. The molecule has 2 heterocycles. The topological polar surface area (TPSA) is 52.7 Å². The van der Waals surface area contributed by atoms with Crippen LogP contribution in [0.3, 0.4) is 0 Å². The number of nitrogens with zero attached hydrogens (tertiary/aromatic N) is 2. The van der Waals surface area contributed by atoms with Gasteiger partial charge in [-0.2, -0.15) is 0 Å². The monoisotopic (exact) mass is 293 g/mol. The van der Waals surface area contributed by atoms with Crippen LogP contribution in [0, 0.1) is 17.3 Å². The fourth-order valence-electron chi connectivity index (χ4n) is 3.91. The molecular formula is C16H27N3O2. The summed E-state index contributed by atoms with van der Waals surface area (Å²) in [6.45, 7) is 8.80. The van der Waals surface area contributed by atoms with Gasteiger partial charge < -0.3 is 15.1 Å². The molecule has 3 fully saturated rings. The van der Waals surface area contributed by atoms with Crippen molar-refractivity contribution in [2.75, 3.05) is 39.3 Å². The lowest BCUT2D eigenvalue weighted by molar-refractivity contribution is -0.142. The molecule has 1 spiro atoms. The number of hydrogen-bond acceptors (Lipinski definition) is 3. The fraction of sp³-hybridized carbons (Fsp3) is 0.875. The smallest absolute Gasteiger partial charge is 0.226 e. The SMILES string of the molecule is CC(C)C(=O)N1CCN(C(=O)C2CC23CCNCC3)CC1. The molecule has 0 aromatic rings. The van der Waals surface area contributed by atoms with Crippen molar-refractivity contribution < 1.29 is 9.59 Å². The van der Waals surface area contributed by atoms with Crippen molar-refractivity contribution in [3.63, 3.8) is 0 Å². The van der Waals surface area contributed by atoms with Gasteiger partial charge in [0.2, 0.25) is 11.8 Å². The first-order valence-electron chi connectivity index (χ1n) is 8.32. The van der Waals surface area contributed by atoms with Gasteiger partial charge in [-0.3, -0.25) is 9.59 Å². The first-order chi connectivity index (χ1) is 10.0. The van der Waals surface area contributed by atoms with Crippen LogP contribution in [-0.2, 0) is 9.59 Å². The Hall–Kier alpha value is -1.10. The van der Waals surface area contributed by atoms with Crippen molar-refractivity contribution in [3.05, 3.63) is 0 Å². The largest absolute Gasteiger partial charge is 0.339 e. The summed E-state index contributed by atoms with van der Waals surface area (Å²) in [5.74, 6) is 0.859. The molecule has 0 bridgehead atoms. The lowest BCUT2D eigenvalue weighted by atomic mass is 9.91. The summed E-state index contributed by atoms with van der Waals surface area (Å²) in [6.07, 6.45) is 3.38. The number of amides is 2. The zero-order chi connectivity index (χ0) is 15.0. The van der Waals surface area contributed by atoms with E-state index in [0.29, 0.717) is 37.5 Å². The molecule has 1 saturated carbocycles. The number of piperidine rings is 1. The number of carbonyl (C=O) groups excluding carboxylic acids is 2. The molecule has 118 valence electrons. The van der Waals surface area contributed by atoms with Gasteiger partial charge in [0, 0.05) is 38.0 Å². The van der Waals surface area contributed by atoms with Crippen molar-refractivity contribution in [2.24, 2.45) is 17.3 Å². The molecule has 1 aliphatic carbocycles. The number of hydrogen-bond donors (Lipinski definition) is 1. The van der Waals surface area contributed by atoms with E-state index < -0.39 is 0 Å². The first-order valence-corrected chi connectivity index (χ1v) is 8.32. The third-order valence-electron chi connectivity index (χ3n) is 5.48. The Morgan fingerprint density at radius 3 is 2.19 bits per heavy atom. The lowest BCUT2D eigenvalue weighted by Crippen LogP contribution is -2.52. The summed E-state index contributed by atoms with van der Waals surface area (Å²) in [5, 5.41) is 3.38. The van der Waals surface area contributed by atoms with Gasteiger partial charge in [0.1, 0.15) is 0 Å². The van der Waals surface area contributed by atoms with E-state index in [0.717, 1.165) is 32.4 Å². The first kappa shape index (κ1) is 14.8. The molecule has 3 aliphatic rings. The van der Waals surface area contributed by atoms with Crippen LogP contribution in [-0.4, -0.2) is 60.9 Å². The molecule has 1 N–H and O–H groups in total. The summed E-state index contributed by atoms with van der Waals surface area (Å²) in [6, 6.07) is 0. The van der Waals surface area contributed by atoms with Crippen LogP contribution >= 0.6 is 0 Å². The maximum Gasteiger partial charge on any atom is 0.226 e. The molecule has 3 rings (SSSR count). The molecule has 1 atom stereocenters. The average Bonchev–Trinajstić information content (AvgIpc) is 3.19. The van der Waals surface area contributed by atoms with E-state index in [1.807, 2.05) is 23.6 Å². The van der Waals surface area contributed by atoms with Crippen LogP contribution in [0.2, 0.25) is 0 Å². The van der Waals surface area contributed by atoms with Gasteiger partial charge in [-0.25, -0.2) is 0 Å². The lowest BCUT2D eigenvalue weighted by Gasteiger charge is -2.36. The van der Waals surface area contributed by atoms with E-state index in [2.05, 4.69) is 5.32 Å². The summed E-state index contributed by atoms with van der Waals surface area (Å²) in [7, 11) is 0. The van der Waals surface area contributed by atoms with Gasteiger partial charge >= 0.3 is 0 Å². The Labute approximate surface area is 127 Å². The van der Waals surface area contributed by atoms with Crippen LogP contribution in [0.1, 0.15) is 33.1 Å². The normalized spacial score (nSPS) is 28.0. The van der Waals surface area contributed by atoms with Crippen LogP contribution in [0.25, 0.3) is 0 Å². The second kappa shape index (κ2) is 5.59. The molecule has 2 saturated heterocycles. The quantitative estimate of drug-likeness (QED) is 0.815. The minimum atomic E-state index is 0.0497. The summed E-state index contributed by atoms with van der Waals surface area (Å²) in [5.41, 5.74) is 0.313. The van der Waals surface area contributed by atoms with Crippen LogP contribution < -0.4 is 5.32 Å².